The number of nitrogens with one attached hydrogen (secondary N) is 2. The first-order valence-corrected chi connectivity index (χ1v) is 16.4. The third kappa shape index (κ3) is 7.07. The molecule has 2 saturated heterocycles. The van der Waals surface area contributed by atoms with E-state index >= 15 is 4.39 Å². The number of ether oxygens (including phenoxy) is 1. The largest absolute Gasteiger partial charge is 0.381 e. The van der Waals surface area contributed by atoms with Crippen LogP contribution in [0.2, 0.25) is 0 Å². The number of nitrogens with zero attached hydrogens (tertiary/aromatic N) is 1. The Labute approximate surface area is 252 Å². The molecule has 2 heterocycles. The number of hydrogen-bond donors (Lipinski definition) is 3. The van der Waals surface area contributed by atoms with Crippen molar-refractivity contribution in [2.24, 2.45) is 17.6 Å². The molecule has 1 amide bonds. The van der Waals surface area contributed by atoms with Crippen LogP contribution in [0.4, 0.5) is 14.5 Å². The monoisotopic (exact) mass is 614 g/mol. The van der Waals surface area contributed by atoms with Gasteiger partial charge in [0.05, 0.1) is 10.9 Å². The average molecular weight is 615 g/mol. The van der Waals surface area contributed by atoms with Crippen molar-refractivity contribution in [1.82, 2.24) is 9.62 Å². The van der Waals surface area contributed by atoms with Crippen LogP contribution < -0.4 is 16.4 Å². The molecule has 43 heavy (non-hydrogen) atoms. The summed E-state index contributed by atoms with van der Waals surface area (Å²) in [6.07, 6.45) is 5.31. The van der Waals surface area contributed by atoms with Gasteiger partial charge in [-0.2, -0.15) is 4.31 Å². The van der Waals surface area contributed by atoms with Gasteiger partial charge in [-0.1, -0.05) is 29.8 Å². The number of carbonyl (C=O) groups excluding carboxylic acids is 1. The predicted octanol–water partition coefficient (Wildman–Crippen LogP) is 4.30. The van der Waals surface area contributed by atoms with Crippen molar-refractivity contribution in [2.75, 3.05) is 31.6 Å². The molecule has 0 spiro atoms. The third-order valence-corrected chi connectivity index (χ3v) is 10.9. The first-order valence-electron chi connectivity index (χ1n) is 14.9. The first kappa shape index (κ1) is 31.5. The highest BCUT2D eigenvalue weighted by Gasteiger charge is 2.39. The highest BCUT2D eigenvalue weighted by molar-refractivity contribution is 7.89. The van der Waals surface area contributed by atoms with E-state index in [0.717, 1.165) is 5.57 Å². The van der Waals surface area contributed by atoms with E-state index in [2.05, 4.69) is 10.6 Å². The summed E-state index contributed by atoms with van der Waals surface area (Å²) in [6.45, 7) is 3.89. The van der Waals surface area contributed by atoms with Crippen molar-refractivity contribution < 1.29 is 26.7 Å². The molecule has 2 aromatic rings. The summed E-state index contributed by atoms with van der Waals surface area (Å²) in [5.74, 6) is -1.62. The third-order valence-electron chi connectivity index (χ3n) is 8.78. The van der Waals surface area contributed by atoms with Crippen molar-refractivity contribution in [1.29, 1.82) is 0 Å². The molecule has 3 aliphatic rings. The maximum absolute atomic E-state index is 15.3. The molecule has 0 aromatic heterocycles. The molecule has 2 fully saturated rings. The van der Waals surface area contributed by atoms with Crippen LogP contribution in [-0.2, 0) is 26.0 Å². The van der Waals surface area contributed by atoms with Gasteiger partial charge in [0.2, 0.25) is 15.9 Å². The van der Waals surface area contributed by atoms with E-state index in [4.69, 9.17) is 10.5 Å². The van der Waals surface area contributed by atoms with Gasteiger partial charge >= 0.3 is 0 Å². The van der Waals surface area contributed by atoms with E-state index in [1.165, 1.54) is 28.6 Å². The van der Waals surface area contributed by atoms with Gasteiger partial charge in [-0.05, 0) is 81.4 Å². The normalized spacial score (nSPS) is 23.3. The van der Waals surface area contributed by atoms with Crippen molar-refractivity contribution in [3.63, 3.8) is 0 Å². The summed E-state index contributed by atoms with van der Waals surface area (Å²) in [6, 6.07) is 11.1. The number of carbonyl (C=O) groups is 1. The smallest absolute Gasteiger partial charge is 0.243 e. The number of sulfonamides is 1. The lowest BCUT2D eigenvalue weighted by Crippen LogP contribution is -2.58. The van der Waals surface area contributed by atoms with Gasteiger partial charge < -0.3 is 21.1 Å². The fraction of sp³-hybridized carbons (Fsp3) is 0.469. The minimum Gasteiger partial charge on any atom is -0.381 e. The van der Waals surface area contributed by atoms with E-state index in [0.29, 0.717) is 57.7 Å². The molecule has 1 aliphatic carbocycles. The van der Waals surface area contributed by atoms with Crippen LogP contribution in [0.5, 0.6) is 0 Å². The van der Waals surface area contributed by atoms with Crippen LogP contribution in [0.1, 0.15) is 38.2 Å². The van der Waals surface area contributed by atoms with Gasteiger partial charge in [0.25, 0.3) is 0 Å². The Hall–Kier alpha value is -2.96. The van der Waals surface area contributed by atoms with E-state index in [9.17, 15) is 17.6 Å². The number of piperazine rings is 1. The molecule has 0 bridgehead atoms. The van der Waals surface area contributed by atoms with Gasteiger partial charge in [-0.15, -0.1) is 0 Å². The SMILES string of the molecule is C[C@@H]1CNC[C@H](CCc2c(F)cccc2NC(=O)[C@@H](N)C(C2=CC(F)=CC2)C2CCOCC2)N1S(=O)(=O)c1ccccc1. The summed E-state index contributed by atoms with van der Waals surface area (Å²) in [5.41, 5.74) is 7.93. The zero-order valence-electron chi connectivity index (χ0n) is 24.3. The second-order valence-electron chi connectivity index (χ2n) is 11.6. The Morgan fingerprint density at radius 3 is 2.56 bits per heavy atom. The Balaban J connectivity index is 1.33. The number of benzene rings is 2. The average Bonchev–Trinajstić information content (AvgIpc) is 3.43. The lowest BCUT2D eigenvalue weighted by Gasteiger charge is -2.40. The minimum atomic E-state index is -3.78. The lowest BCUT2D eigenvalue weighted by atomic mass is 9.76. The van der Waals surface area contributed by atoms with Crippen LogP contribution >= 0.6 is 0 Å². The first-order chi connectivity index (χ1) is 20.7. The van der Waals surface area contributed by atoms with E-state index in [-0.39, 0.29) is 40.6 Å². The van der Waals surface area contributed by atoms with Crippen molar-refractivity contribution in [3.8, 4) is 0 Å². The fourth-order valence-corrected chi connectivity index (χ4v) is 8.50. The summed E-state index contributed by atoms with van der Waals surface area (Å²) in [4.78, 5) is 13.8. The number of allylic oxidation sites excluding steroid dienone is 3. The van der Waals surface area contributed by atoms with Crippen molar-refractivity contribution in [3.05, 3.63) is 83.5 Å². The number of rotatable bonds is 10. The number of hydrogen-bond acceptors (Lipinski definition) is 6. The van der Waals surface area contributed by atoms with Gasteiger partial charge in [0, 0.05) is 55.6 Å². The number of nitrogens with two attached hydrogens (primary N) is 1. The predicted molar refractivity (Wildman–Crippen MR) is 162 cm³/mol. The maximum Gasteiger partial charge on any atom is 0.243 e. The number of amides is 1. The molecular formula is C32H40F2N4O4S. The van der Waals surface area contributed by atoms with E-state index in [1.54, 1.807) is 36.4 Å². The molecule has 5 rings (SSSR count). The quantitative estimate of drug-likeness (QED) is 0.368. The summed E-state index contributed by atoms with van der Waals surface area (Å²) in [7, 11) is -3.78. The second kappa shape index (κ2) is 13.8. The molecule has 8 nitrogen and oxygen atoms in total. The number of anilines is 1. The zero-order chi connectivity index (χ0) is 30.6. The van der Waals surface area contributed by atoms with Crippen molar-refractivity contribution in [2.45, 2.75) is 62.0 Å². The van der Waals surface area contributed by atoms with Gasteiger partial charge in [-0.3, -0.25) is 4.79 Å². The zero-order valence-corrected chi connectivity index (χ0v) is 25.2. The fourth-order valence-electron chi connectivity index (χ4n) is 6.64. The van der Waals surface area contributed by atoms with Crippen LogP contribution in [-0.4, -0.2) is 63.1 Å². The Morgan fingerprint density at radius 2 is 1.86 bits per heavy atom. The topological polar surface area (TPSA) is 114 Å². The highest BCUT2D eigenvalue weighted by atomic mass is 32.2. The van der Waals surface area contributed by atoms with Crippen LogP contribution in [0.15, 0.2) is 77.0 Å². The Bertz CT molecular complexity index is 1460. The van der Waals surface area contributed by atoms with Crippen molar-refractivity contribution >= 4 is 21.6 Å². The Kier molecular flexibility index (Phi) is 10.1. The number of halogens is 2. The van der Waals surface area contributed by atoms with Crippen LogP contribution in [0.25, 0.3) is 0 Å². The summed E-state index contributed by atoms with van der Waals surface area (Å²) >= 11 is 0. The standard InChI is InChI=1S/C32H40F2N4O4S/c1-21-19-36-20-25(38(21)43(40,41)26-6-3-2-4-7-26)12-13-27-28(34)8-5-9-29(27)37-32(39)31(35)30(22-14-16-42-17-15-22)23-10-11-24(33)18-23/h2-9,11,18,21-22,25,30-31,36H,10,12-17,19-20,35H2,1H3,(H,37,39)/t21-,25+,30?,31+/m1/s1. The van der Waals surface area contributed by atoms with Gasteiger partial charge in [-0.25, -0.2) is 17.2 Å². The molecule has 232 valence electrons. The maximum atomic E-state index is 15.3. The van der Waals surface area contributed by atoms with Gasteiger partial charge in [0.1, 0.15) is 11.6 Å². The molecule has 2 aliphatic heterocycles. The van der Waals surface area contributed by atoms with Crippen LogP contribution in [0, 0.1) is 17.7 Å². The summed E-state index contributed by atoms with van der Waals surface area (Å²) < 4.78 is 63.5. The van der Waals surface area contributed by atoms with E-state index < -0.39 is 33.8 Å². The molecule has 11 heteroatoms. The van der Waals surface area contributed by atoms with Gasteiger partial charge in [0.15, 0.2) is 0 Å². The highest BCUT2D eigenvalue weighted by Crippen LogP contribution is 2.37. The summed E-state index contributed by atoms with van der Waals surface area (Å²) in [5, 5.41) is 6.14. The molecule has 0 radical (unpaired) electrons. The van der Waals surface area contributed by atoms with E-state index in [1.807, 2.05) is 6.92 Å². The van der Waals surface area contributed by atoms with Crippen LogP contribution in [0.3, 0.4) is 0 Å². The minimum absolute atomic E-state index is 0.0605. The lowest BCUT2D eigenvalue weighted by molar-refractivity contribution is -0.119. The molecule has 4 atom stereocenters. The molecule has 0 saturated carbocycles. The molecular weight excluding hydrogens is 574 g/mol. The Morgan fingerprint density at radius 1 is 1.12 bits per heavy atom. The molecule has 1 unspecified atom stereocenters. The molecule has 4 N–H and O–H groups in total. The second-order valence-corrected chi connectivity index (χ2v) is 13.5. The molecule has 2 aromatic carbocycles.